The molecule has 4 rings (SSSR count). The second-order valence-electron chi connectivity index (χ2n) is 6.64. The number of benzene rings is 2. The maximum absolute atomic E-state index is 13.3. The number of carbonyl (C=O) groups is 1. The van der Waals surface area contributed by atoms with Gasteiger partial charge < -0.3 is 14.8 Å². The summed E-state index contributed by atoms with van der Waals surface area (Å²) < 4.78 is 37.1. The fourth-order valence-electron chi connectivity index (χ4n) is 3.06. The van der Waals surface area contributed by atoms with Gasteiger partial charge in [-0.15, -0.1) is 11.3 Å². The zero-order valence-corrected chi connectivity index (χ0v) is 17.3. The summed E-state index contributed by atoms with van der Waals surface area (Å²) in [6.45, 7) is 1.98. The number of hydrogen-bond donors (Lipinski definition) is 1. The smallest absolute Gasteiger partial charge is 0.251 e. The fraction of sp³-hybridized carbons (Fsp3) is 0.190. The zero-order valence-electron chi connectivity index (χ0n) is 15.6. The molecule has 1 N–H and O–H groups in total. The fourth-order valence-corrected chi connectivity index (χ4v) is 5.84. The third-order valence-corrected chi connectivity index (χ3v) is 7.90. The predicted molar refractivity (Wildman–Crippen MR) is 110 cm³/mol. The Kier molecular flexibility index (Phi) is 5.29. The molecule has 2 aromatic carbocycles. The van der Waals surface area contributed by atoms with Crippen molar-refractivity contribution in [3.8, 4) is 11.5 Å². The van der Waals surface area contributed by atoms with Gasteiger partial charge >= 0.3 is 0 Å². The highest BCUT2D eigenvalue weighted by Crippen LogP contribution is 2.33. The van der Waals surface area contributed by atoms with Crippen molar-refractivity contribution in [3.05, 3.63) is 76.0 Å². The molecule has 1 aliphatic heterocycles. The molecule has 1 amide bonds. The average molecular weight is 430 g/mol. The molecule has 0 fully saturated rings. The summed E-state index contributed by atoms with van der Waals surface area (Å²) in [7, 11) is -3.68. The lowest BCUT2D eigenvalue weighted by Gasteiger charge is -2.18. The second-order valence-corrected chi connectivity index (χ2v) is 9.75. The Labute approximate surface area is 173 Å². The largest absolute Gasteiger partial charge is 0.454 e. The normalized spacial score (nSPS) is 13.8. The first-order valence-corrected chi connectivity index (χ1v) is 11.4. The van der Waals surface area contributed by atoms with Gasteiger partial charge in [0, 0.05) is 17.0 Å². The number of hydrogen-bond acceptors (Lipinski definition) is 6. The molecular formula is C21H19NO5S2. The summed E-state index contributed by atoms with van der Waals surface area (Å²) in [6.07, 6.45) is 0. The maximum Gasteiger partial charge on any atom is 0.251 e. The van der Waals surface area contributed by atoms with Crippen LogP contribution in [0.3, 0.4) is 0 Å². The van der Waals surface area contributed by atoms with Gasteiger partial charge in [0.25, 0.3) is 5.91 Å². The Morgan fingerprint density at radius 1 is 1.10 bits per heavy atom. The number of amides is 1. The van der Waals surface area contributed by atoms with Gasteiger partial charge in [0.15, 0.2) is 21.3 Å². The minimum absolute atomic E-state index is 0.0377. The second kappa shape index (κ2) is 7.88. The first kappa shape index (κ1) is 19.5. The number of thiophene rings is 1. The number of carbonyl (C=O) groups excluding carboxylic acids is 1. The van der Waals surface area contributed by atoms with Crippen LogP contribution >= 0.6 is 11.3 Å². The third-order valence-electron chi connectivity index (χ3n) is 4.67. The highest BCUT2D eigenvalue weighted by molar-refractivity contribution is 7.91. The van der Waals surface area contributed by atoms with Gasteiger partial charge in [-0.2, -0.15) is 0 Å². The minimum atomic E-state index is -3.68. The standard InChI is InChI=1S/C21H19NO5S2/c1-14-4-7-16(8-5-14)29(24,25)20(19-3-2-10-28-19)12-22-21(23)15-6-9-17-18(11-15)27-13-26-17/h2-11,20H,12-13H2,1H3,(H,22,23)/t20-/m0/s1. The molecule has 1 aromatic heterocycles. The van der Waals surface area contributed by atoms with Crippen LogP contribution in [0.25, 0.3) is 0 Å². The molecule has 2 heterocycles. The highest BCUT2D eigenvalue weighted by atomic mass is 32.2. The van der Waals surface area contributed by atoms with E-state index in [9.17, 15) is 13.2 Å². The van der Waals surface area contributed by atoms with E-state index in [1.54, 1.807) is 54.6 Å². The van der Waals surface area contributed by atoms with E-state index >= 15 is 0 Å². The van der Waals surface area contributed by atoms with Gasteiger partial charge in [0.05, 0.1) is 4.90 Å². The van der Waals surface area contributed by atoms with Crippen molar-refractivity contribution in [2.24, 2.45) is 0 Å². The molecule has 29 heavy (non-hydrogen) atoms. The molecule has 1 atom stereocenters. The van der Waals surface area contributed by atoms with E-state index in [-0.39, 0.29) is 24.1 Å². The van der Waals surface area contributed by atoms with Crippen LogP contribution < -0.4 is 14.8 Å². The molecule has 0 spiro atoms. The van der Waals surface area contributed by atoms with Gasteiger partial charge in [-0.1, -0.05) is 23.8 Å². The molecule has 0 unspecified atom stereocenters. The van der Waals surface area contributed by atoms with Crippen LogP contribution in [0.15, 0.2) is 64.9 Å². The summed E-state index contributed by atoms with van der Waals surface area (Å²) in [5.74, 6) is 0.712. The lowest BCUT2D eigenvalue weighted by Crippen LogP contribution is -2.31. The lowest BCUT2D eigenvalue weighted by molar-refractivity contribution is 0.0953. The quantitative estimate of drug-likeness (QED) is 0.646. The Hall–Kier alpha value is -2.84. The molecule has 6 nitrogen and oxygen atoms in total. The minimum Gasteiger partial charge on any atom is -0.454 e. The summed E-state index contributed by atoms with van der Waals surface area (Å²) in [5, 5.41) is 3.71. The van der Waals surface area contributed by atoms with Gasteiger partial charge in [-0.25, -0.2) is 8.42 Å². The molecule has 0 aliphatic carbocycles. The van der Waals surface area contributed by atoms with Crippen molar-refractivity contribution in [2.45, 2.75) is 17.1 Å². The number of ether oxygens (including phenoxy) is 2. The van der Waals surface area contributed by atoms with Crippen molar-refractivity contribution in [2.75, 3.05) is 13.3 Å². The van der Waals surface area contributed by atoms with E-state index in [0.29, 0.717) is 21.9 Å². The van der Waals surface area contributed by atoms with Crippen LogP contribution in [0.2, 0.25) is 0 Å². The number of fused-ring (bicyclic) bond motifs is 1. The Balaban J connectivity index is 1.57. The number of sulfone groups is 1. The molecule has 3 aromatic rings. The Morgan fingerprint density at radius 2 is 1.86 bits per heavy atom. The van der Waals surface area contributed by atoms with Crippen LogP contribution in [-0.4, -0.2) is 27.7 Å². The summed E-state index contributed by atoms with van der Waals surface area (Å²) in [6, 6.07) is 15.2. The molecule has 150 valence electrons. The van der Waals surface area contributed by atoms with Crippen LogP contribution in [0, 0.1) is 6.92 Å². The van der Waals surface area contributed by atoms with Crippen molar-refractivity contribution in [1.29, 1.82) is 0 Å². The van der Waals surface area contributed by atoms with Crippen LogP contribution in [-0.2, 0) is 9.84 Å². The molecule has 0 bridgehead atoms. The Bertz CT molecular complexity index is 1120. The number of nitrogens with one attached hydrogen (secondary N) is 1. The molecule has 0 saturated heterocycles. The summed E-state index contributed by atoms with van der Waals surface area (Å²) in [5.41, 5.74) is 1.36. The molecule has 0 saturated carbocycles. The summed E-state index contributed by atoms with van der Waals surface area (Å²) in [4.78, 5) is 13.5. The van der Waals surface area contributed by atoms with E-state index in [1.807, 2.05) is 12.3 Å². The zero-order chi connectivity index (χ0) is 20.4. The topological polar surface area (TPSA) is 81.7 Å². The first-order chi connectivity index (χ1) is 13.9. The molecule has 1 aliphatic rings. The van der Waals surface area contributed by atoms with Crippen LogP contribution in [0.1, 0.15) is 26.0 Å². The van der Waals surface area contributed by atoms with Crippen molar-refractivity contribution >= 4 is 27.1 Å². The van der Waals surface area contributed by atoms with Gasteiger partial charge in [0.1, 0.15) is 5.25 Å². The third kappa shape index (κ3) is 3.99. The summed E-state index contributed by atoms with van der Waals surface area (Å²) >= 11 is 1.35. The lowest BCUT2D eigenvalue weighted by atomic mass is 10.2. The number of rotatable bonds is 6. The average Bonchev–Trinajstić information content (AvgIpc) is 3.39. The first-order valence-electron chi connectivity index (χ1n) is 8.97. The maximum atomic E-state index is 13.3. The predicted octanol–water partition coefficient (Wildman–Crippen LogP) is 3.73. The van der Waals surface area contributed by atoms with Crippen molar-refractivity contribution < 1.29 is 22.7 Å². The molecule has 0 radical (unpaired) electrons. The van der Waals surface area contributed by atoms with Crippen molar-refractivity contribution in [3.63, 3.8) is 0 Å². The van der Waals surface area contributed by atoms with Crippen molar-refractivity contribution in [1.82, 2.24) is 5.32 Å². The monoisotopic (exact) mass is 429 g/mol. The van der Waals surface area contributed by atoms with E-state index in [0.717, 1.165) is 5.56 Å². The van der Waals surface area contributed by atoms with Gasteiger partial charge in [-0.05, 0) is 48.7 Å². The van der Waals surface area contributed by atoms with Gasteiger partial charge in [-0.3, -0.25) is 4.79 Å². The Morgan fingerprint density at radius 3 is 2.59 bits per heavy atom. The highest BCUT2D eigenvalue weighted by Gasteiger charge is 2.30. The van der Waals surface area contributed by atoms with E-state index in [1.165, 1.54) is 11.3 Å². The van der Waals surface area contributed by atoms with E-state index in [4.69, 9.17) is 9.47 Å². The van der Waals surface area contributed by atoms with Crippen LogP contribution in [0.4, 0.5) is 0 Å². The SMILES string of the molecule is Cc1ccc(S(=O)(=O)[C@@H](CNC(=O)c2ccc3c(c2)OCO3)c2cccs2)cc1. The van der Waals surface area contributed by atoms with E-state index < -0.39 is 15.1 Å². The number of aryl methyl sites for hydroxylation is 1. The molecule has 8 heteroatoms. The van der Waals surface area contributed by atoms with Gasteiger partial charge in [0.2, 0.25) is 6.79 Å². The van der Waals surface area contributed by atoms with Crippen LogP contribution in [0.5, 0.6) is 11.5 Å². The van der Waals surface area contributed by atoms with E-state index in [2.05, 4.69) is 5.32 Å². The molecular weight excluding hydrogens is 410 g/mol.